The second-order valence-corrected chi connectivity index (χ2v) is 4.11. The molecule has 0 fully saturated rings. The van der Waals surface area contributed by atoms with Crippen LogP contribution in [0.5, 0.6) is 11.5 Å². The van der Waals surface area contributed by atoms with E-state index in [0.717, 1.165) is 0 Å². The molecule has 0 radical (unpaired) electrons. The summed E-state index contributed by atoms with van der Waals surface area (Å²) in [4.78, 5) is 5.46. The van der Waals surface area contributed by atoms with Crippen LogP contribution in [0.2, 0.25) is 0 Å². The van der Waals surface area contributed by atoms with Gasteiger partial charge in [-0.05, 0) is 25.1 Å². The lowest BCUT2D eigenvalue weighted by Crippen LogP contribution is -2.23. The first-order chi connectivity index (χ1) is 9.22. The lowest BCUT2D eigenvalue weighted by molar-refractivity contribution is 0.154. The number of hydroxylamine groups is 1. The van der Waals surface area contributed by atoms with E-state index < -0.39 is 0 Å². The van der Waals surface area contributed by atoms with Crippen LogP contribution in [0.4, 0.5) is 4.39 Å². The van der Waals surface area contributed by atoms with Gasteiger partial charge in [0.25, 0.3) is 0 Å². The van der Waals surface area contributed by atoms with Gasteiger partial charge in [-0.1, -0.05) is 30.3 Å². The molecule has 0 saturated heterocycles. The van der Waals surface area contributed by atoms with Crippen LogP contribution in [0.3, 0.4) is 0 Å². The maximum atomic E-state index is 13.6. The first-order valence-corrected chi connectivity index (χ1v) is 6.02. The molecular formula is C15H16FNO2. The van der Waals surface area contributed by atoms with E-state index in [0.29, 0.717) is 17.1 Å². The summed E-state index contributed by atoms with van der Waals surface area (Å²) < 4.78 is 18.8. The van der Waals surface area contributed by atoms with Crippen LogP contribution < -0.4 is 15.1 Å². The van der Waals surface area contributed by atoms with Crippen LogP contribution in [-0.2, 0) is 0 Å². The molecule has 0 aliphatic rings. The maximum absolute atomic E-state index is 13.6. The Morgan fingerprint density at radius 3 is 2.32 bits per heavy atom. The van der Waals surface area contributed by atoms with Gasteiger partial charge in [0, 0.05) is 5.56 Å². The van der Waals surface area contributed by atoms with Gasteiger partial charge in [0.1, 0.15) is 5.82 Å². The second kappa shape index (κ2) is 6.20. The standard InChI is InChI=1S/C15H16FNO2/c1-11(12-7-3-4-8-13(12)16)17-19-15-10-6-5-9-14(15)18-2/h3-11,17H,1-2H3/t11-/m1/s1. The van der Waals surface area contributed by atoms with E-state index >= 15 is 0 Å². The van der Waals surface area contributed by atoms with E-state index in [1.165, 1.54) is 6.07 Å². The molecule has 2 rings (SSSR count). The Labute approximate surface area is 111 Å². The summed E-state index contributed by atoms with van der Waals surface area (Å²) in [6.45, 7) is 1.83. The molecule has 1 atom stereocenters. The van der Waals surface area contributed by atoms with Gasteiger partial charge in [0.05, 0.1) is 13.2 Å². The zero-order chi connectivity index (χ0) is 13.7. The van der Waals surface area contributed by atoms with E-state index in [9.17, 15) is 4.39 Å². The van der Waals surface area contributed by atoms with Crippen molar-refractivity contribution in [3.8, 4) is 11.5 Å². The Balaban J connectivity index is 2.04. The van der Waals surface area contributed by atoms with Crippen molar-refractivity contribution in [1.82, 2.24) is 5.48 Å². The number of hydrogen-bond acceptors (Lipinski definition) is 3. The number of ether oxygens (including phenoxy) is 1. The molecule has 0 aliphatic heterocycles. The number of benzene rings is 2. The third kappa shape index (κ3) is 3.23. The molecule has 3 nitrogen and oxygen atoms in total. The maximum Gasteiger partial charge on any atom is 0.188 e. The first kappa shape index (κ1) is 13.4. The minimum absolute atomic E-state index is 0.258. The monoisotopic (exact) mass is 261 g/mol. The van der Waals surface area contributed by atoms with Crippen molar-refractivity contribution in [2.45, 2.75) is 13.0 Å². The topological polar surface area (TPSA) is 30.5 Å². The SMILES string of the molecule is COc1ccccc1ON[C@H](C)c1ccccc1F. The van der Waals surface area contributed by atoms with E-state index in [2.05, 4.69) is 5.48 Å². The summed E-state index contributed by atoms with van der Waals surface area (Å²) in [7, 11) is 1.57. The summed E-state index contributed by atoms with van der Waals surface area (Å²) >= 11 is 0. The second-order valence-electron chi connectivity index (χ2n) is 4.11. The molecule has 100 valence electrons. The molecule has 4 heteroatoms. The van der Waals surface area contributed by atoms with Crippen molar-refractivity contribution in [2.24, 2.45) is 0 Å². The first-order valence-electron chi connectivity index (χ1n) is 6.02. The summed E-state index contributed by atoms with van der Waals surface area (Å²) in [5.74, 6) is 0.926. The van der Waals surface area contributed by atoms with Crippen LogP contribution in [-0.4, -0.2) is 7.11 Å². The van der Waals surface area contributed by atoms with Gasteiger partial charge in [-0.25, -0.2) is 4.39 Å². The van der Waals surface area contributed by atoms with E-state index in [-0.39, 0.29) is 11.9 Å². The van der Waals surface area contributed by atoms with Crippen LogP contribution in [0.1, 0.15) is 18.5 Å². The Bertz CT molecular complexity index is 545. The quantitative estimate of drug-likeness (QED) is 0.836. The van der Waals surface area contributed by atoms with Crippen molar-refractivity contribution in [3.05, 3.63) is 59.9 Å². The van der Waals surface area contributed by atoms with Crippen LogP contribution in [0.25, 0.3) is 0 Å². The Kier molecular flexibility index (Phi) is 4.36. The van der Waals surface area contributed by atoms with Crippen molar-refractivity contribution in [2.75, 3.05) is 7.11 Å². The Morgan fingerprint density at radius 1 is 1.00 bits per heavy atom. The molecule has 0 amide bonds. The Morgan fingerprint density at radius 2 is 1.63 bits per heavy atom. The van der Waals surface area contributed by atoms with Crippen molar-refractivity contribution in [1.29, 1.82) is 0 Å². The highest BCUT2D eigenvalue weighted by molar-refractivity contribution is 5.39. The van der Waals surface area contributed by atoms with Gasteiger partial charge in [-0.15, -0.1) is 5.48 Å². The third-order valence-electron chi connectivity index (χ3n) is 2.79. The summed E-state index contributed by atoms with van der Waals surface area (Å²) in [5.41, 5.74) is 3.36. The summed E-state index contributed by atoms with van der Waals surface area (Å²) in [5, 5.41) is 0. The van der Waals surface area contributed by atoms with E-state index in [4.69, 9.17) is 9.57 Å². The fourth-order valence-corrected chi connectivity index (χ4v) is 1.74. The number of rotatable bonds is 5. The van der Waals surface area contributed by atoms with Crippen molar-refractivity contribution in [3.63, 3.8) is 0 Å². The van der Waals surface area contributed by atoms with Crippen LogP contribution in [0, 0.1) is 5.82 Å². The number of hydrogen-bond donors (Lipinski definition) is 1. The average molecular weight is 261 g/mol. The summed E-state index contributed by atoms with van der Waals surface area (Å²) in [6.07, 6.45) is 0. The molecule has 0 heterocycles. The molecule has 0 bridgehead atoms. The normalized spacial score (nSPS) is 11.9. The molecule has 0 aromatic heterocycles. The zero-order valence-electron chi connectivity index (χ0n) is 10.9. The highest BCUT2D eigenvalue weighted by atomic mass is 19.1. The number of nitrogens with one attached hydrogen (secondary N) is 1. The lowest BCUT2D eigenvalue weighted by Gasteiger charge is -2.16. The largest absolute Gasteiger partial charge is 0.493 e. The predicted molar refractivity (Wildman–Crippen MR) is 71.6 cm³/mol. The fraction of sp³-hybridized carbons (Fsp3) is 0.200. The van der Waals surface area contributed by atoms with Crippen LogP contribution in [0.15, 0.2) is 48.5 Å². The number of methoxy groups -OCH3 is 1. The van der Waals surface area contributed by atoms with Gasteiger partial charge in [0.2, 0.25) is 0 Å². The van der Waals surface area contributed by atoms with Crippen molar-refractivity contribution >= 4 is 0 Å². The molecule has 0 aliphatic carbocycles. The van der Waals surface area contributed by atoms with Gasteiger partial charge >= 0.3 is 0 Å². The molecule has 2 aromatic carbocycles. The van der Waals surface area contributed by atoms with E-state index in [1.807, 2.05) is 19.1 Å². The molecule has 2 aromatic rings. The molecule has 1 N–H and O–H groups in total. The number of halogens is 1. The average Bonchev–Trinajstić information content (AvgIpc) is 2.45. The molecule has 0 spiro atoms. The van der Waals surface area contributed by atoms with Gasteiger partial charge in [0.15, 0.2) is 11.5 Å². The minimum atomic E-state index is -0.272. The Hall–Kier alpha value is -2.07. The van der Waals surface area contributed by atoms with Gasteiger partial charge in [-0.3, -0.25) is 0 Å². The summed E-state index contributed by atoms with van der Waals surface area (Å²) in [6, 6.07) is 13.6. The minimum Gasteiger partial charge on any atom is -0.493 e. The third-order valence-corrected chi connectivity index (χ3v) is 2.79. The van der Waals surface area contributed by atoms with Crippen molar-refractivity contribution < 1.29 is 14.0 Å². The lowest BCUT2D eigenvalue weighted by atomic mass is 10.1. The number of para-hydroxylation sites is 2. The zero-order valence-corrected chi connectivity index (χ0v) is 10.9. The predicted octanol–water partition coefficient (Wildman–Crippen LogP) is 3.48. The fourth-order valence-electron chi connectivity index (χ4n) is 1.74. The molecule has 0 unspecified atom stereocenters. The smallest absolute Gasteiger partial charge is 0.188 e. The van der Waals surface area contributed by atoms with Gasteiger partial charge in [-0.2, -0.15) is 0 Å². The molecule has 19 heavy (non-hydrogen) atoms. The highest BCUT2D eigenvalue weighted by Crippen LogP contribution is 2.26. The molecule has 0 saturated carbocycles. The van der Waals surface area contributed by atoms with E-state index in [1.54, 1.807) is 37.4 Å². The van der Waals surface area contributed by atoms with Gasteiger partial charge < -0.3 is 9.57 Å². The highest BCUT2D eigenvalue weighted by Gasteiger charge is 2.11. The van der Waals surface area contributed by atoms with Crippen LogP contribution >= 0.6 is 0 Å². The molecular weight excluding hydrogens is 245 g/mol.